The van der Waals surface area contributed by atoms with Gasteiger partial charge < -0.3 is 4.74 Å². The molecule has 2 fully saturated rings. The van der Waals surface area contributed by atoms with Crippen molar-refractivity contribution in [3.05, 3.63) is 35.9 Å². The predicted octanol–water partition coefficient (Wildman–Crippen LogP) is 4.02. The number of hydrogen-bond acceptors (Lipinski definition) is 3. The second kappa shape index (κ2) is 7.48. The molecule has 126 valence electrons. The van der Waals surface area contributed by atoms with E-state index in [2.05, 4.69) is 43.0 Å². The fourth-order valence-electron chi connectivity index (χ4n) is 4.15. The van der Waals surface area contributed by atoms with Crippen molar-refractivity contribution >= 4 is 5.97 Å². The number of likely N-dealkylation sites (tertiary alicyclic amines) is 1. The minimum Gasteiger partial charge on any atom is -0.464 e. The van der Waals surface area contributed by atoms with Crippen LogP contribution in [0.1, 0.15) is 51.5 Å². The third kappa shape index (κ3) is 3.95. The number of rotatable bonds is 5. The molecule has 1 saturated carbocycles. The van der Waals surface area contributed by atoms with Gasteiger partial charge in [-0.05, 0) is 36.7 Å². The summed E-state index contributed by atoms with van der Waals surface area (Å²) in [7, 11) is 0. The largest absolute Gasteiger partial charge is 0.464 e. The molecule has 3 unspecified atom stereocenters. The summed E-state index contributed by atoms with van der Waals surface area (Å²) in [6, 6.07) is 11.0. The lowest BCUT2D eigenvalue weighted by molar-refractivity contribution is -0.150. The van der Waals surface area contributed by atoms with Crippen LogP contribution in [0.3, 0.4) is 0 Å². The van der Waals surface area contributed by atoms with Crippen LogP contribution >= 0.6 is 0 Å². The monoisotopic (exact) mass is 315 g/mol. The van der Waals surface area contributed by atoms with Gasteiger partial charge in [-0.1, -0.05) is 57.0 Å². The molecule has 1 aliphatic heterocycles. The predicted molar refractivity (Wildman–Crippen MR) is 91.9 cm³/mol. The summed E-state index contributed by atoms with van der Waals surface area (Å²) in [5, 5.41) is 0. The van der Waals surface area contributed by atoms with Gasteiger partial charge in [0, 0.05) is 12.6 Å². The molecule has 2 aliphatic rings. The summed E-state index contributed by atoms with van der Waals surface area (Å²) >= 11 is 0. The summed E-state index contributed by atoms with van der Waals surface area (Å²) in [6.45, 7) is 5.57. The third-order valence-corrected chi connectivity index (χ3v) is 5.26. The molecule has 0 spiro atoms. The molecule has 3 atom stereocenters. The molecule has 1 aromatic rings. The molecule has 3 heteroatoms. The Kier molecular flexibility index (Phi) is 5.37. The highest BCUT2D eigenvalue weighted by atomic mass is 16.5. The number of ether oxygens (including phenoxy) is 1. The SMILES string of the molecule is CC(C)COC(=O)C1CC2CCCCC2N1Cc1ccccc1. The number of esters is 1. The van der Waals surface area contributed by atoms with E-state index in [1.54, 1.807) is 0 Å². The van der Waals surface area contributed by atoms with Crippen LogP contribution in [0, 0.1) is 11.8 Å². The zero-order valence-corrected chi connectivity index (χ0v) is 14.4. The standard InChI is InChI=1S/C20H29NO2/c1-15(2)14-23-20(22)19-12-17-10-6-7-11-18(17)21(19)13-16-8-4-3-5-9-16/h3-5,8-9,15,17-19H,6-7,10-14H2,1-2H3. The Bertz CT molecular complexity index is 514. The lowest BCUT2D eigenvalue weighted by Gasteiger charge is -2.33. The second-order valence-electron chi connectivity index (χ2n) is 7.55. The van der Waals surface area contributed by atoms with E-state index in [0.29, 0.717) is 24.5 Å². The van der Waals surface area contributed by atoms with E-state index in [4.69, 9.17) is 4.74 Å². The number of carbonyl (C=O) groups excluding carboxylic acids is 1. The Hall–Kier alpha value is -1.35. The van der Waals surface area contributed by atoms with Gasteiger partial charge in [0.15, 0.2) is 0 Å². The molecule has 0 bridgehead atoms. The molecule has 1 saturated heterocycles. The minimum atomic E-state index is -0.0537. The van der Waals surface area contributed by atoms with Crippen molar-refractivity contribution in [3.63, 3.8) is 0 Å². The van der Waals surface area contributed by atoms with E-state index in [1.165, 1.54) is 31.2 Å². The molecule has 0 amide bonds. The Morgan fingerprint density at radius 1 is 1.22 bits per heavy atom. The zero-order valence-electron chi connectivity index (χ0n) is 14.4. The Balaban J connectivity index is 1.74. The van der Waals surface area contributed by atoms with Crippen LogP contribution in [0.25, 0.3) is 0 Å². The van der Waals surface area contributed by atoms with Crippen molar-refractivity contribution in [2.45, 2.75) is 64.6 Å². The van der Waals surface area contributed by atoms with E-state index in [1.807, 2.05) is 6.07 Å². The van der Waals surface area contributed by atoms with Crippen molar-refractivity contribution in [1.82, 2.24) is 4.90 Å². The van der Waals surface area contributed by atoms with E-state index < -0.39 is 0 Å². The van der Waals surface area contributed by atoms with Crippen LogP contribution in [0.2, 0.25) is 0 Å². The number of nitrogens with zero attached hydrogens (tertiary/aromatic N) is 1. The molecule has 23 heavy (non-hydrogen) atoms. The maximum Gasteiger partial charge on any atom is 0.323 e. The first-order chi connectivity index (χ1) is 11.1. The minimum absolute atomic E-state index is 0.0102. The Labute approximate surface area is 140 Å². The molecule has 1 aromatic carbocycles. The average molecular weight is 315 g/mol. The van der Waals surface area contributed by atoms with E-state index >= 15 is 0 Å². The normalized spacial score (nSPS) is 27.9. The molecule has 0 aromatic heterocycles. The topological polar surface area (TPSA) is 29.5 Å². The van der Waals surface area contributed by atoms with Gasteiger partial charge in [0.2, 0.25) is 0 Å². The summed E-state index contributed by atoms with van der Waals surface area (Å²) < 4.78 is 5.58. The molecular formula is C20H29NO2. The highest BCUT2D eigenvalue weighted by Crippen LogP contribution is 2.40. The van der Waals surface area contributed by atoms with Crippen LogP contribution in [-0.4, -0.2) is 29.6 Å². The fraction of sp³-hybridized carbons (Fsp3) is 0.650. The first-order valence-electron chi connectivity index (χ1n) is 9.11. The average Bonchev–Trinajstić information content (AvgIpc) is 2.92. The number of hydrogen-bond donors (Lipinski definition) is 0. The summed E-state index contributed by atoms with van der Waals surface area (Å²) in [5.74, 6) is 1.05. The Morgan fingerprint density at radius 2 is 1.96 bits per heavy atom. The van der Waals surface area contributed by atoms with E-state index in [0.717, 1.165) is 13.0 Å². The smallest absolute Gasteiger partial charge is 0.323 e. The van der Waals surface area contributed by atoms with Crippen molar-refractivity contribution in [2.24, 2.45) is 11.8 Å². The van der Waals surface area contributed by atoms with Crippen molar-refractivity contribution in [1.29, 1.82) is 0 Å². The molecule has 1 aliphatic carbocycles. The van der Waals surface area contributed by atoms with Gasteiger partial charge in [0.1, 0.15) is 6.04 Å². The Morgan fingerprint density at radius 3 is 2.70 bits per heavy atom. The highest BCUT2D eigenvalue weighted by Gasteiger charge is 2.45. The fourth-order valence-corrected chi connectivity index (χ4v) is 4.15. The summed E-state index contributed by atoms with van der Waals surface area (Å²) in [6.07, 6.45) is 6.08. The first kappa shape index (κ1) is 16.5. The molecular weight excluding hydrogens is 286 g/mol. The van der Waals surface area contributed by atoms with Gasteiger partial charge in [-0.2, -0.15) is 0 Å². The number of fused-ring (bicyclic) bond motifs is 1. The molecule has 0 radical (unpaired) electrons. The molecule has 0 N–H and O–H groups in total. The summed E-state index contributed by atoms with van der Waals surface area (Å²) in [5.41, 5.74) is 1.29. The maximum atomic E-state index is 12.6. The quantitative estimate of drug-likeness (QED) is 0.769. The van der Waals surface area contributed by atoms with Crippen molar-refractivity contribution in [3.8, 4) is 0 Å². The van der Waals surface area contributed by atoms with Gasteiger partial charge >= 0.3 is 5.97 Å². The van der Waals surface area contributed by atoms with E-state index in [-0.39, 0.29) is 12.0 Å². The van der Waals surface area contributed by atoms with Crippen LogP contribution in [0.4, 0.5) is 0 Å². The highest BCUT2D eigenvalue weighted by molar-refractivity contribution is 5.76. The third-order valence-electron chi connectivity index (χ3n) is 5.26. The lowest BCUT2D eigenvalue weighted by atomic mass is 9.84. The first-order valence-corrected chi connectivity index (χ1v) is 9.11. The number of carbonyl (C=O) groups is 1. The van der Waals surface area contributed by atoms with Crippen molar-refractivity contribution in [2.75, 3.05) is 6.61 Å². The van der Waals surface area contributed by atoms with Gasteiger partial charge in [-0.3, -0.25) is 9.69 Å². The van der Waals surface area contributed by atoms with Crippen molar-refractivity contribution < 1.29 is 9.53 Å². The van der Waals surface area contributed by atoms with E-state index in [9.17, 15) is 4.79 Å². The second-order valence-corrected chi connectivity index (χ2v) is 7.55. The maximum absolute atomic E-state index is 12.6. The van der Waals surface area contributed by atoms with Crippen LogP contribution in [0.15, 0.2) is 30.3 Å². The van der Waals surface area contributed by atoms with Gasteiger partial charge in [0.05, 0.1) is 6.61 Å². The van der Waals surface area contributed by atoms with Gasteiger partial charge in [-0.25, -0.2) is 0 Å². The lowest BCUT2D eigenvalue weighted by Crippen LogP contribution is -2.42. The van der Waals surface area contributed by atoms with Gasteiger partial charge in [0.25, 0.3) is 0 Å². The van der Waals surface area contributed by atoms with Crippen LogP contribution in [0.5, 0.6) is 0 Å². The zero-order chi connectivity index (χ0) is 16.2. The molecule has 3 rings (SSSR count). The molecule has 3 nitrogen and oxygen atoms in total. The molecule has 1 heterocycles. The van der Waals surface area contributed by atoms with Gasteiger partial charge in [-0.15, -0.1) is 0 Å². The van der Waals surface area contributed by atoms with Crippen LogP contribution < -0.4 is 0 Å². The number of benzene rings is 1. The summed E-state index contributed by atoms with van der Waals surface area (Å²) in [4.78, 5) is 15.1. The van der Waals surface area contributed by atoms with Crippen LogP contribution in [-0.2, 0) is 16.1 Å².